The van der Waals surface area contributed by atoms with Gasteiger partial charge in [0.25, 0.3) is 0 Å². The molecule has 1 aromatic heterocycles. The zero-order valence-corrected chi connectivity index (χ0v) is 10.8. The summed E-state index contributed by atoms with van der Waals surface area (Å²) >= 11 is 0. The van der Waals surface area contributed by atoms with Gasteiger partial charge in [0, 0.05) is 18.2 Å². The van der Waals surface area contributed by atoms with Crippen molar-refractivity contribution in [3.8, 4) is 0 Å². The lowest BCUT2D eigenvalue weighted by Gasteiger charge is -2.09. The first-order chi connectivity index (χ1) is 8.52. The average molecular weight is 273 g/mol. The maximum absolute atomic E-state index is 11.4. The van der Waals surface area contributed by atoms with Crippen molar-refractivity contribution in [1.82, 2.24) is 5.32 Å². The molecule has 0 aliphatic carbocycles. The van der Waals surface area contributed by atoms with Crippen LogP contribution in [-0.4, -0.2) is 39.0 Å². The highest BCUT2D eigenvalue weighted by Gasteiger charge is 2.27. The van der Waals surface area contributed by atoms with Gasteiger partial charge in [-0.3, -0.25) is 0 Å². The van der Waals surface area contributed by atoms with E-state index in [1.807, 2.05) is 0 Å². The lowest BCUT2D eigenvalue weighted by molar-refractivity contribution is 0.0563. The molecular weight excluding hydrogens is 258 g/mol. The van der Waals surface area contributed by atoms with Gasteiger partial charge in [-0.25, -0.2) is 13.2 Å². The van der Waals surface area contributed by atoms with Crippen LogP contribution in [0.4, 0.5) is 0 Å². The quantitative estimate of drug-likeness (QED) is 0.796. The Kier molecular flexibility index (Phi) is 3.72. The Balaban J connectivity index is 1.95. The first-order valence-corrected chi connectivity index (χ1v) is 7.42. The summed E-state index contributed by atoms with van der Waals surface area (Å²) in [5.41, 5.74) is 0.672. The number of furan rings is 1. The highest BCUT2D eigenvalue weighted by atomic mass is 32.2. The van der Waals surface area contributed by atoms with Gasteiger partial charge in [0.05, 0.1) is 24.9 Å². The van der Waals surface area contributed by atoms with Crippen LogP contribution in [0, 0.1) is 0 Å². The number of sulfone groups is 1. The first-order valence-electron chi connectivity index (χ1n) is 5.60. The molecule has 1 fully saturated rings. The molecule has 0 bridgehead atoms. The van der Waals surface area contributed by atoms with Crippen LogP contribution in [0.25, 0.3) is 0 Å². The van der Waals surface area contributed by atoms with E-state index < -0.39 is 15.8 Å². The summed E-state index contributed by atoms with van der Waals surface area (Å²) in [5.74, 6) is -0.0000935. The fourth-order valence-corrected chi connectivity index (χ4v) is 3.66. The summed E-state index contributed by atoms with van der Waals surface area (Å²) in [6, 6.07) is 1.61. The molecule has 6 nitrogen and oxygen atoms in total. The Labute approximate surface area is 105 Å². The van der Waals surface area contributed by atoms with Gasteiger partial charge in [0.1, 0.15) is 0 Å². The van der Waals surface area contributed by atoms with Crippen molar-refractivity contribution < 1.29 is 22.4 Å². The number of hydrogen-bond acceptors (Lipinski definition) is 6. The molecule has 0 spiro atoms. The van der Waals surface area contributed by atoms with Gasteiger partial charge in [-0.1, -0.05) is 0 Å². The Morgan fingerprint density at radius 1 is 1.61 bits per heavy atom. The number of carbonyl (C=O) groups is 1. The van der Waals surface area contributed by atoms with Crippen LogP contribution in [0.2, 0.25) is 0 Å². The molecule has 1 unspecified atom stereocenters. The molecule has 18 heavy (non-hydrogen) atoms. The van der Waals surface area contributed by atoms with Crippen molar-refractivity contribution in [3.05, 3.63) is 23.7 Å². The summed E-state index contributed by atoms with van der Waals surface area (Å²) in [6.07, 6.45) is 2.02. The Morgan fingerprint density at radius 2 is 2.39 bits per heavy atom. The van der Waals surface area contributed by atoms with Crippen molar-refractivity contribution in [2.45, 2.75) is 19.0 Å². The molecule has 1 aliphatic rings. The fraction of sp³-hybridized carbons (Fsp3) is 0.545. The van der Waals surface area contributed by atoms with Gasteiger partial charge >= 0.3 is 5.97 Å². The number of carbonyl (C=O) groups excluding carboxylic acids is 1. The van der Waals surface area contributed by atoms with Crippen LogP contribution in [0.1, 0.15) is 22.5 Å². The van der Waals surface area contributed by atoms with Gasteiger partial charge < -0.3 is 14.5 Å². The number of methoxy groups -OCH3 is 1. The monoisotopic (exact) mass is 273 g/mol. The van der Waals surface area contributed by atoms with E-state index in [0.717, 1.165) is 0 Å². The van der Waals surface area contributed by atoms with Crippen LogP contribution in [0.3, 0.4) is 0 Å². The van der Waals surface area contributed by atoms with Crippen molar-refractivity contribution in [2.75, 3.05) is 18.6 Å². The van der Waals surface area contributed by atoms with E-state index in [1.54, 1.807) is 6.07 Å². The fourth-order valence-electron chi connectivity index (χ4n) is 1.96. The molecule has 0 radical (unpaired) electrons. The van der Waals surface area contributed by atoms with E-state index in [9.17, 15) is 13.2 Å². The molecule has 1 atom stereocenters. The Morgan fingerprint density at radius 3 is 3.00 bits per heavy atom. The topological polar surface area (TPSA) is 85.6 Å². The normalized spacial score (nSPS) is 21.9. The first kappa shape index (κ1) is 13.1. The minimum atomic E-state index is -2.90. The molecular formula is C11H15NO5S. The molecule has 100 valence electrons. The van der Waals surface area contributed by atoms with Crippen LogP contribution >= 0.6 is 0 Å². The number of rotatable bonds is 4. The zero-order valence-electron chi connectivity index (χ0n) is 10.0. The van der Waals surface area contributed by atoms with Gasteiger partial charge in [-0.05, 0) is 12.5 Å². The third kappa shape index (κ3) is 2.91. The minimum absolute atomic E-state index is 0.0598. The van der Waals surface area contributed by atoms with Crippen molar-refractivity contribution in [2.24, 2.45) is 0 Å². The molecule has 0 saturated carbocycles. The highest BCUT2D eigenvalue weighted by Crippen LogP contribution is 2.15. The van der Waals surface area contributed by atoms with Gasteiger partial charge in [-0.2, -0.15) is 0 Å². The summed E-state index contributed by atoms with van der Waals surface area (Å²) in [7, 11) is -1.61. The molecule has 1 aliphatic heterocycles. The predicted octanol–water partition coefficient (Wildman–Crippen LogP) is 0.343. The number of hydrogen-bond donors (Lipinski definition) is 1. The molecule has 2 heterocycles. The van der Waals surface area contributed by atoms with Crippen LogP contribution in [-0.2, 0) is 21.1 Å². The van der Waals surface area contributed by atoms with Crippen LogP contribution in [0.15, 0.2) is 16.7 Å². The maximum atomic E-state index is 11.4. The standard InChI is InChI=1S/C11H15NO5S/c1-16-11(13)10-8(2-4-17-10)6-12-9-3-5-18(14,15)7-9/h2,4,9,12H,3,5-7H2,1H3. The van der Waals surface area contributed by atoms with E-state index in [1.165, 1.54) is 13.4 Å². The van der Waals surface area contributed by atoms with Gasteiger partial charge in [0.2, 0.25) is 5.76 Å². The largest absolute Gasteiger partial charge is 0.463 e. The van der Waals surface area contributed by atoms with Gasteiger partial charge in [0.15, 0.2) is 9.84 Å². The minimum Gasteiger partial charge on any atom is -0.463 e. The third-order valence-electron chi connectivity index (χ3n) is 2.93. The highest BCUT2D eigenvalue weighted by molar-refractivity contribution is 7.91. The lowest BCUT2D eigenvalue weighted by atomic mass is 10.2. The zero-order chi connectivity index (χ0) is 13.2. The number of esters is 1. The smallest absolute Gasteiger partial charge is 0.374 e. The molecule has 0 amide bonds. The molecule has 1 aromatic rings. The van der Waals surface area contributed by atoms with Crippen molar-refractivity contribution in [3.63, 3.8) is 0 Å². The van der Waals surface area contributed by atoms with E-state index in [-0.39, 0.29) is 23.3 Å². The van der Waals surface area contributed by atoms with Gasteiger partial charge in [-0.15, -0.1) is 0 Å². The number of ether oxygens (including phenoxy) is 1. The Hall–Kier alpha value is -1.34. The summed E-state index contributed by atoms with van der Waals surface area (Å²) in [6.45, 7) is 0.390. The molecule has 0 aromatic carbocycles. The Bertz CT molecular complexity index is 533. The summed E-state index contributed by atoms with van der Waals surface area (Å²) in [5, 5.41) is 3.11. The lowest BCUT2D eigenvalue weighted by Crippen LogP contribution is -2.29. The van der Waals surface area contributed by atoms with Crippen molar-refractivity contribution >= 4 is 15.8 Å². The second-order valence-electron chi connectivity index (χ2n) is 4.25. The SMILES string of the molecule is COC(=O)c1occc1CNC1CCS(=O)(=O)C1. The second kappa shape index (κ2) is 5.11. The average Bonchev–Trinajstić information content (AvgIpc) is 2.91. The van der Waals surface area contributed by atoms with E-state index >= 15 is 0 Å². The molecule has 2 rings (SSSR count). The third-order valence-corrected chi connectivity index (χ3v) is 4.70. The summed E-state index contributed by atoms with van der Waals surface area (Å²) < 4.78 is 32.2. The predicted molar refractivity (Wildman–Crippen MR) is 63.9 cm³/mol. The molecule has 1 saturated heterocycles. The van der Waals surface area contributed by atoms with Crippen LogP contribution in [0.5, 0.6) is 0 Å². The van der Waals surface area contributed by atoms with Crippen molar-refractivity contribution in [1.29, 1.82) is 0 Å². The van der Waals surface area contributed by atoms with E-state index in [2.05, 4.69) is 10.1 Å². The second-order valence-corrected chi connectivity index (χ2v) is 6.48. The van der Waals surface area contributed by atoms with E-state index in [0.29, 0.717) is 18.5 Å². The number of nitrogens with one attached hydrogen (secondary N) is 1. The summed E-state index contributed by atoms with van der Waals surface area (Å²) in [4.78, 5) is 11.4. The molecule has 1 N–H and O–H groups in total. The maximum Gasteiger partial charge on any atom is 0.374 e. The van der Waals surface area contributed by atoms with Crippen LogP contribution < -0.4 is 5.32 Å². The molecule has 7 heteroatoms. The van der Waals surface area contributed by atoms with E-state index in [4.69, 9.17) is 4.42 Å².